The second-order valence-corrected chi connectivity index (χ2v) is 4.32. The van der Waals surface area contributed by atoms with E-state index in [1.807, 2.05) is 6.07 Å². The molecule has 0 radical (unpaired) electrons. The lowest BCUT2D eigenvalue weighted by Gasteiger charge is -2.09. The van der Waals surface area contributed by atoms with Crippen molar-refractivity contribution >= 4 is 21.8 Å². The van der Waals surface area contributed by atoms with Crippen LogP contribution in [0, 0.1) is 13.8 Å². The van der Waals surface area contributed by atoms with Gasteiger partial charge in [-0.05, 0) is 31.0 Å². The van der Waals surface area contributed by atoms with Gasteiger partial charge in [0.25, 0.3) is 0 Å². The normalized spacial score (nSPS) is 10.6. The largest absolute Gasteiger partial charge is 0.367 e. The molecule has 0 bridgehead atoms. The molecule has 15 heavy (non-hydrogen) atoms. The minimum absolute atomic E-state index is 0.351. The molecule has 0 aliphatic rings. The molecule has 78 valence electrons. The van der Waals surface area contributed by atoms with Crippen molar-refractivity contribution < 1.29 is 4.52 Å². The Morgan fingerprint density at radius 2 is 2.07 bits per heavy atom. The second kappa shape index (κ2) is 3.70. The van der Waals surface area contributed by atoms with Gasteiger partial charge in [0.1, 0.15) is 0 Å². The highest BCUT2D eigenvalue weighted by molar-refractivity contribution is 9.10. The van der Waals surface area contributed by atoms with E-state index in [-0.39, 0.29) is 0 Å². The Hall–Kier alpha value is -1.29. The van der Waals surface area contributed by atoms with Gasteiger partial charge in [-0.25, -0.2) is 0 Å². The fourth-order valence-electron chi connectivity index (χ4n) is 1.55. The lowest BCUT2D eigenvalue weighted by Crippen LogP contribution is -1.91. The summed E-state index contributed by atoms with van der Waals surface area (Å²) in [5.41, 5.74) is 9.99. The first-order valence-electron chi connectivity index (χ1n) is 4.57. The number of anilines is 1. The summed E-state index contributed by atoms with van der Waals surface area (Å²) in [5, 5.41) is 3.69. The highest BCUT2D eigenvalue weighted by Gasteiger charge is 2.14. The Bertz CT molecular complexity index is 505. The van der Waals surface area contributed by atoms with Gasteiger partial charge in [-0.3, -0.25) is 0 Å². The van der Waals surface area contributed by atoms with Crippen LogP contribution in [0.2, 0.25) is 0 Å². The topological polar surface area (TPSA) is 52.0 Å². The van der Waals surface area contributed by atoms with E-state index in [9.17, 15) is 0 Å². The Morgan fingerprint density at radius 3 is 2.67 bits per heavy atom. The Morgan fingerprint density at radius 1 is 1.33 bits per heavy atom. The first-order chi connectivity index (χ1) is 7.11. The summed E-state index contributed by atoms with van der Waals surface area (Å²) in [6.07, 6.45) is 1.64. The minimum atomic E-state index is 0.351. The number of hydrogen-bond acceptors (Lipinski definition) is 3. The van der Waals surface area contributed by atoms with Crippen molar-refractivity contribution in [1.29, 1.82) is 0 Å². The molecular formula is C11H11BrN2O. The van der Waals surface area contributed by atoms with E-state index in [1.54, 1.807) is 6.20 Å². The van der Waals surface area contributed by atoms with Gasteiger partial charge >= 0.3 is 0 Å². The molecule has 0 unspecified atom stereocenters. The molecule has 2 aromatic rings. The van der Waals surface area contributed by atoms with Crippen LogP contribution in [0.3, 0.4) is 0 Å². The van der Waals surface area contributed by atoms with Crippen LogP contribution in [0.1, 0.15) is 11.1 Å². The monoisotopic (exact) mass is 266 g/mol. The maximum atomic E-state index is 5.71. The van der Waals surface area contributed by atoms with Crippen LogP contribution in [0.4, 0.5) is 5.88 Å². The highest BCUT2D eigenvalue weighted by Crippen LogP contribution is 2.35. The van der Waals surface area contributed by atoms with Crippen molar-refractivity contribution in [3.63, 3.8) is 0 Å². The van der Waals surface area contributed by atoms with Gasteiger partial charge in [-0.2, -0.15) is 0 Å². The van der Waals surface area contributed by atoms with Crippen molar-refractivity contribution in [3.8, 4) is 11.1 Å². The molecule has 0 aliphatic carbocycles. The number of rotatable bonds is 1. The fourth-order valence-corrected chi connectivity index (χ4v) is 2.19. The van der Waals surface area contributed by atoms with E-state index in [0.717, 1.165) is 15.6 Å². The molecule has 0 amide bonds. The third kappa shape index (κ3) is 1.65. The smallest absolute Gasteiger partial charge is 0.230 e. The molecule has 3 nitrogen and oxygen atoms in total. The number of aryl methyl sites for hydroxylation is 1. The fraction of sp³-hybridized carbons (Fsp3) is 0.182. The predicted molar refractivity (Wildman–Crippen MR) is 63.5 cm³/mol. The van der Waals surface area contributed by atoms with Gasteiger partial charge < -0.3 is 10.3 Å². The number of nitrogens with zero attached hydrogens (tertiary/aromatic N) is 1. The first kappa shape index (κ1) is 10.2. The summed E-state index contributed by atoms with van der Waals surface area (Å²) in [5.74, 6) is 0.351. The summed E-state index contributed by atoms with van der Waals surface area (Å²) in [6.45, 7) is 4.12. The minimum Gasteiger partial charge on any atom is -0.367 e. The molecule has 2 rings (SSSR count). The lowest BCUT2D eigenvalue weighted by molar-refractivity contribution is 0.436. The van der Waals surface area contributed by atoms with Crippen molar-refractivity contribution in [2.24, 2.45) is 0 Å². The van der Waals surface area contributed by atoms with E-state index >= 15 is 0 Å². The molecule has 2 N–H and O–H groups in total. The van der Waals surface area contributed by atoms with Crippen molar-refractivity contribution in [3.05, 3.63) is 33.9 Å². The van der Waals surface area contributed by atoms with Crippen LogP contribution in [0.15, 0.2) is 27.3 Å². The maximum Gasteiger partial charge on any atom is 0.230 e. The van der Waals surface area contributed by atoms with Crippen LogP contribution < -0.4 is 5.73 Å². The SMILES string of the molecule is Cc1ccc(Br)c(-c2cnoc2N)c1C. The van der Waals surface area contributed by atoms with Crippen molar-refractivity contribution in [2.75, 3.05) is 5.73 Å². The first-order valence-corrected chi connectivity index (χ1v) is 5.36. The molecule has 0 saturated carbocycles. The van der Waals surface area contributed by atoms with Gasteiger partial charge in [0, 0.05) is 10.0 Å². The van der Waals surface area contributed by atoms with Gasteiger partial charge in [0.2, 0.25) is 5.88 Å². The highest BCUT2D eigenvalue weighted by atomic mass is 79.9. The summed E-state index contributed by atoms with van der Waals surface area (Å²) < 4.78 is 5.88. The number of benzene rings is 1. The van der Waals surface area contributed by atoms with E-state index in [0.29, 0.717) is 5.88 Å². The average molecular weight is 267 g/mol. The van der Waals surface area contributed by atoms with Gasteiger partial charge in [0.15, 0.2) is 0 Å². The molecule has 0 fully saturated rings. The molecule has 0 aliphatic heterocycles. The zero-order chi connectivity index (χ0) is 11.0. The zero-order valence-corrected chi connectivity index (χ0v) is 10.1. The van der Waals surface area contributed by atoms with Crippen LogP contribution >= 0.6 is 15.9 Å². The van der Waals surface area contributed by atoms with Crippen LogP contribution in [-0.2, 0) is 0 Å². The number of aromatic nitrogens is 1. The maximum absolute atomic E-state index is 5.71. The number of hydrogen-bond donors (Lipinski definition) is 1. The zero-order valence-electron chi connectivity index (χ0n) is 8.54. The Kier molecular flexibility index (Phi) is 2.52. The van der Waals surface area contributed by atoms with E-state index in [1.165, 1.54) is 11.1 Å². The van der Waals surface area contributed by atoms with Crippen molar-refractivity contribution in [2.45, 2.75) is 13.8 Å². The summed E-state index contributed by atoms with van der Waals surface area (Å²) in [7, 11) is 0. The lowest BCUT2D eigenvalue weighted by atomic mass is 9.99. The quantitative estimate of drug-likeness (QED) is 0.862. The van der Waals surface area contributed by atoms with Gasteiger partial charge in [-0.1, -0.05) is 27.2 Å². The van der Waals surface area contributed by atoms with E-state index in [2.05, 4.69) is 41.0 Å². The molecule has 1 aromatic heterocycles. The molecule has 1 heterocycles. The molecule has 0 saturated heterocycles. The number of halogens is 1. The second-order valence-electron chi connectivity index (χ2n) is 3.47. The summed E-state index contributed by atoms with van der Waals surface area (Å²) in [4.78, 5) is 0. The standard InChI is InChI=1S/C11H11BrN2O/c1-6-3-4-9(12)10(7(6)2)8-5-14-15-11(8)13/h3-5H,13H2,1-2H3. The van der Waals surface area contributed by atoms with Crippen molar-refractivity contribution in [1.82, 2.24) is 5.16 Å². The summed E-state index contributed by atoms with van der Waals surface area (Å²) >= 11 is 3.51. The third-order valence-corrected chi connectivity index (χ3v) is 3.21. The predicted octanol–water partition coefficient (Wildman–Crippen LogP) is 3.30. The molecular weight excluding hydrogens is 256 g/mol. The molecule has 4 heteroatoms. The average Bonchev–Trinajstić information content (AvgIpc) is 2.60. The molecule has 1 aromatic carbocycles. The van der Waals surface area contributed by atoms with Crippen LogP contribution in [0.5, 0.6) is 0 Å². The van der Waals surface area contributed by atoms with Crippen LogP contribution in [0.25, 0.3) is 11.1 Å². The number of nitrogen functional groups attached to an aromatic ring is 1. The number of nitrogens with two attached hydrogens (primary N) is 1. The van der Waals surface area contributed by atoms with E-state index < -0.39 is 0 Å². The van der Waals surface area contributed by atoms with E-state index in [4.69, 9.17) is 10.3 Å². The summed E-state index contributed by atoms with van der Waals surface area (Å²) in [6, 6.07) is 4.07. The van der Waals surface area contributed by atoms with Crippen LogP contribution in [-0.4, -0.2) is 5.16 Å². The third-order valence-electron chi connectivity index (χ3n) is 2.55. The Balaban J connectivity index is 2.72. The molecule has 0 spiro atoms. The van der Waals surface area contributed by atoms with Gasteiger partial charge in [0.05, 0.1) is 11.8 Å². The Labute approximate surface area is 96.4 Å². The molecule has 0 atom stereocenters. The van der Waals surface area contributed by atoms with Gasteiger partial charge in [-0.15, -0.1) is 0 Å².